The van der Waals surface area contributed by atoms with Crippen molar-refractivity contribution >= 4 is 0 Å². The van der Waals surface area contributed by atoms with Gasteiger partial charge in [-0.25, -0.2) is 0 Å². The molecule has 0 saturated carbocycles. The number of phenolic OH excluding ortho intramolecular Hbond substituents is 1. The van der Waals surface area contributed by atoms with Gasteiger partial charge in [0.15, 0.2) is 0 Å². The third-order valence-electron chi connectivity index (χ3n) is 2.22. The molecule has 1 aromatic carbocycles. The minimum absolute atomic E-state index is 0.0196. The molecular formula is C11H12O2. The van der Waals surface area contributed by atoms with Gasteiger partial charge in [0, 0.05) is 5.56 Å². The third kappa shape index (κ3) is 1.66. The van der Waals surface area contributed by atoms with Crippen molar-refractivity contribution in [2.75, 3.05) is 0 Å². The van der Waals surface area contributed by atoms with Gasteiger partial charge in [-0.2, -0.15) is 0 Å². The molecule has 1 aliphatic heterocycles. The van der Waals surface area contributed by atoms with E-state index >= 15 is 0 Å². The number of phenols is 1. The highest BCUT2D eigenvalue weighted by molar-refractivity contribution is 5.34. The Bertz CT molecular complexity index is 318. The Morgan fingerprint density at radius 1 is 1.31 bits per heavy atom. The molecule has 1 aromatic rings. The molecule has 1 atom stereocenters. The van der Waals surface area contributed by atoms with E-state index in [0.717, 1.165) is 18.4 Å². The van der Waals surface area contributed by atoms with Gasteiger partial charge in [-0.1, -0.05) is 18.2 Å². The predicted molar refractivity (Wildman–Crippen MR) is 50.3 cm³/mol. The molecule has 2 nitrogen and oxygen atoms in total. The maximum Gasteiger partial charge on any atom is 0.127 e. The fourth-order valence-corrected chi connectivity index (χ4v) is 1.52. The average molecular weight is 176 g/mol. The Balaban J connectivity index is 2.24. The van der Waals surface area contributed by atoms with Gasteiger partial charge in [-0.15, -0.1) is 0 Å². The predicted octanol–water partition coefficient (Wildman–Crippen LogP) is 2.76. The number of ether oxygens (including phenoxy) is 1. The molecule has 0 aromatic heterocycles. The normalized spacial score (nSPS) is 21.1. The van der Waals surface area contributed by atoms with Crippen molar-refractivity contribution in [1.82, 2.24) is 0 Å². The highest BCUT2D eigenvalue weighted by atomic mass is 16.5. The molecule has 0 aliphatic carbocycles. The molecule has 0 spiro atoms. The van der Waals surface area contributed by atoms with Crippen molar-refractivity contribution < 1.29 is 9.84 Å². The van der Waals surface area contributed by atoms with Gasteiger partial charge >= 0.3 is 0 Å². The van der Waals surface area contributed by atoms with Gasteiger partial charge in [0.1, 0.15) is 11.9 Å². The van der Waals surface area contributed by atoms with Crippen LogP contribution in [0.25, 0.3) is 0 Å². The molecule has 0 amide bonds. The number of benzene rings is 1. The molecule has 2 heteroatoms. The number of rotatable bonds is 1. The van der Waals surface area contributed by atoms with Gasteiger partial charge < -0.3 is 9.84 Å². The molecule has 0 bridgehead atoms. The zero-order valence-electron chi connectivity index (χ0n) is 7.31. The van der Waals surface area contributed by atoms with Gasteiger partial charge in [-0.05, 0) is 25.0 Å². The van der Waals surface area contributed by atoms with Crippen LogP contribution >= 0.6 is 0 Å². The van der Waals surface area contributed by atoms with Crippen molar-refractivity contribution in [3.05, 3.63) is 42.2 Å². The number of hydrogen-bond donors (Lipinski definition) is 1. The molecule has 1 N–H and O–H groups in total. The number of aromatic hydroxyl groups is 1. The molecule has 0 radical (unpaired) electrons. The van der Waals surface area contributed by atoms with E-state index in [1.54, 1.807) is 12.3 Å². The van der Waals surface area contributed by atoms with Crippen molar-refractivity contribution in [2.24, 2.45) is 0 Å². The van der Waals surface area contributed by atoms with Gasteiger partial charge in [0.05, 0.1) is 6.26 Å². The van der Waals surface area contributed by atoms with E-state index < -0.39 is 0 Å². The van der Waals surface area contributed by atoms with Crippen LogP contribution in [-0.4, -0.2) is 5.11 Å². The standard InChI is InChI=1S/C11H12O2/c12-10-6-2-1-5-9(10)11-7-3-4-8-13-11/h1-2,4-6,8,11-12H,3,7H2. The lowest BCUT2D eigenvalue weighted by atomic mass is 10.0. The van der Waals surface area contributed by atoms with Crippen LogP contribution in [0.4, 0.5) is 0 Å². The van der Waals surface area contributed by atoms with Crippen molar-refractivity contribution in [1.29, 1.82) is 0 Å². The Morgan fingerprint density at radius 3 is 2.85 bits per heavy atom. The first kappa shape index (κ1) is 8.17. The van der Waals surface area contributed by atoms with Crippen molar-refractivity contribution in [3.8, 4) is 5.75 Å². The lowest BCUT2D eigenvalue weighted by molar-refractivity contribution is 0.122. The van der Waals surface area contributed by atoms with Gasteiger partial charge in [0.2, 0.25) is 0 Å². The highest BCUT2D eigenvalue weighted by Crippen LogP contribution is 2.31. The first-order valence-corrected chi connectivity index (χ1v) is 4.46. The van der Waals surface area contributed by atoms with Crippen LogP contribution in [0.5, 0.6) is 5.75 Å². The lowest BCUT2D eigenvalue weighted by Gasteiger charge is -2.20. The Morgan fingerprint density at radius 2 is 2.15 bits per heavy atom. The highest BCUT2D eigenvalue weighted by Gasteiger charge is 2.16. The first-order valence-electron chi connectivity index (χ1n) is 4.46. The van der Waals surface area contributed by atoms with E-state index in [0.29, 0.717) is 5.75 Å². The van der Waals surface area contributed by atoms with Gasteiger partial charge in [0.25, 0.3) is 0 Å². The quantitative estimate of drug-likeness (QED) is 0.712. The Hall–Kier alpha value is -1.44. The summed E-state index contributed by atoms with van der Waals surface area (Å²) in [5.74, 6) is 0.322. The zero-order chi connectivity index (χ0) is 9.10. The molecule has 1 heterocycles. The summed E-state index contributed by atoms with van der Waals surface area (Å²) in [4.78, 5) is 0. The van der Waals surface area contributed by atoms with E-state index in [9.17, 15) is 5.11 Å². The van der Waals surface area contributed by atoms with E-state index in [-0.39, 0.29) is 6.10 Å². The minimum atomic E-state index is 0.0196. The monoisotopic (exact) mass is 176 g/mol. The maximum atomic E-state index is 9.56. The van der Waals surface area contributed by atoms with Crippen molar-refractivity contribution in [3.63, 3.8) is 0 Å². The maximum absolute atomic E-state index is 9.56. The Labute approximate surface area is 77.5 Å². The largest absolute Gasteiger partial charge is 0.508 e. The second-order valence-corrected chi connectivity index (χ2v) is 3.13. The summed E-state index contributed by atoms with van der Waals surface area (Å²) < 4.78 is 5.40. The summed E-state index contributed by atoms with van der Waals surface area (Å²) in [7, 11) is 0. The van der Waals surface area contributed by atoms with Crippen molar-refractivity contribution in [2.45, 2.75) is 18.9 Å². The van der Waals surface area contributed by atoms with E-state index in [1.165, 1.54) is 0 Å². The third-order valence-corrected chi connectivity index (χ3v) is 2.22. The van der Waals surface area contributed by atoms with Crippen LogP contribution < -0.4 is 0 Å². The molecule has 68 valence electrons. The van der Waals surface area contributed by atoms with Crippen LogP contribution in [-0.2, 0) is 4.74 Å². The van der Waals surface area contributed by atoms with Crippen LogP contribution in [0.1, 0.15) is 24.5 Å². The number of allylic oxidation sites excluding steroid dienone is 1. The molecule has 0 fully saturated rings. The first-order chi connectivity index (χ1) is 6.38. The molecule has 2 rings (SSSR count). The fraction of sp³-hybridized carbons (Fsp3) is 0.273. The summed E-state index contributed by atoms with van der Waals surface area (Å²) in [5, 5.41) is 9.56. The second-order valence-electron chi connectivity index (χ2n) is 3.13. The van der Waals surface area contributed by atoms with Gasteiger partial charge in [-0.3, -0.25) is 0 Å². The fourth-order valence-electron chi connectivity index (χ4n) is 1.52. The van der Waals surface area contributed by atoms with Crippen LogP contribution in [0.3, 0.4) is 0 Å². The summed E-state index contributed by atoms with van der Waals surface area (Å²) in [6.07, 6.45) is 5.68. The molecule has 1 aliphatic rings. The molecule has 13 heavy (non-hydrogen) atoms. The summed E-state index contributed by atoms with van der Waals surface area (Å²) in [6, 6.07) is 7.32. The number of hydrogen-bond acceptors (Lipinski definition) is 2. The van der Waals surface area contributed by atoms with E-state index in [2.05, 4.69) is 0 Å². The molecule has 1 unspecified atom stereocenters. The zero-order valence-corrected chi connectivity index (χ0v) is 7.31. The second kappa shape index (κ2) is 3.52. The SMILES string of the molecule is Oc1ccccc1C1CCC=CO1. The summed E-state index contributed by atoms with van der Waals surface area (Å²) in [6.45, 7) is 0. The average Bonchev–Trinajstić information content (AvgIpc) is 2.20. The van der Waals surface area contributed by atoms with Crippen LogP contribution in [0.2, 0.25) is 0 Å². The topological polar surface area (TPSA) is 29.5 Å². The molecule has 0 saturated heterocycles. The van der Waals surface area contributed by atoms with Crippen LogP contribution in [0, 0.1) is 0 Å². The molecular weight excluding hydrogens is 164 g/mol. The minimum Gasteiger partial charge on any atom is -0.508 e. The van der Waals surface area contributed by atoms with E-state index in [1.807, 2.05) is 24.3 Å². The van der Waals surface area contributed by atoms with Crippen LogP contribution in [0.15, 0.2) is 36.6 Å². The summed E-state index contributed by atoms with van der Waals surface area (Å²) in [5.41, 5.74) is 0.881. The lowest BCUT2D eigenvalue weighted by Crippen LogP contribution is -2.03. The van der Waals surface area contributed by atoms with E-state index in [4.69, 9.17) is 4.74 Å². The smallest absolute Gasteiger partial charge is 0.127 e. The Kier molecular flexibility index (Phi) is 2.21. The summed E-state index contributed by atoms with van der Waals surface area (Å²) >= 11 is 0. The number of para-hydroxylation sites is 1.